The molecule has 15 heavy (non-hydrogen) atoms. The van der Waals surface area contributed by atoms with Gasteiger partial charge in [-0.05, 0) is 19.8 Å². The molecular weight excluding hydrogens is 190 g/mol. The second kappa shape index (κ2) is 4.47. The molecule has 1 saturated carbocycles. The summed E-state index contributed by atoms with van der Waals surface area (Å²) in [5.41, 5.74) is -0.00750. The van der Waals surface area contributed by atoms with Gasteiger partial charge in [0.2, 0.25) is 0 Å². The summed E-state index contributed by atoms with van der Waals surface area (Å²) in [5.74, 6) is 0.506. The second-order valence-corrected chi connectivity index (χ2v) is 3.99. The number of aryl methyl sites for hydroxylation is 1. The molecule has 0 spiro atoms. The van der Waals surface area contributed by atoms with Crippen LogP contribution in [-0.2, 0) is 6.54 Å². The summed E-state index contributed by atoms with van der Waals surface area (Å²) in [6.45, 7) is 2.65. The molecule has 0 amide bonds. The van der Waals surface area contributed by atoms with Crippen molar-refractivity contribution in [3.63, 3.8) is 0 Å². The van der Waals surface area contributed by atoms with Crippen LogP contribution in [0.4, 0.5) is 5.82 Å². The van der Waals surface area contributed by atoms with Crippen molar-refractivity contribution in [1.29, 1.82) is 0 Å². The summed E-state index contributed by atoms with van der Waals surface area (Å²) >= 11 is 0. The molecule has 0 saturated heterocycles. The topological polar surface area (TPSA) is 46.9 Å². The number of rotatable bonds is 3. The highest BCUT2D eigenvalue weighted by Crippen LogP contribution is 2.19. The van der Waals surface area contributed by atoms with Crippen LogP contribution in [0, 0.1) is 0 Å². The molecule has 1 aromatic heterocycles. The number of hydrogen-bond acceptors (Lipinski definition) is 3. The minimum absolute atomic E-state index is 0.00750. The maximum atomic E-state index is 11.8. The van der Waals surface area contributed by atoms with Gasteiger partial charge in [0.15, 0.2) is 5.82 Å². The first-order chi connectivity index (χ1) is 7.31. The summed E-state index contributed by atoms with van der Waals surface area (Å²) in [4.78, 5) is 15.9. The number of nitrogens with one attached hydrogen (secondary N) is 1. The molecule has 0 aliphatic heterocycles. The highest BCUT2D eigenvalue weighted by atomic mass is 16.1. The zero-order valence-electron chi connectivity index (χ0n) is 9.07. The number of anilines is 1. The van der Waals surface area contributed by atoms with E-state index in [4.69, 9.17) is 0 Å². The molecular formula is C11H17N3O. The van der Waals surface area contributed by atoms with E-state index in [0.29, 0.717) is 18.4 Å². The highest BCUT2D eigenvalue weighted by Gasteiger charge is 2.16. The molecule has 2 rings (SSSR count). The molecule has 0 radical (unpaired) electrons. The van der Waals surface area contributed by atoms with Crippen molar-refractivity contribution >= 4 is 5.82 Å². The third-order valence-corrected chi connectivity index (χ3v) is 2.95. The first-order valence-corrected chi connectivity index (χ1v) is 5.63. The van der Waals surface area contributed by atoms with E-state index in [1.165, 1.54) is 12.8 Å². The van der Waals surface area contributed by atoms with Crippen LogP contribution in [0.25, 0.3) is 0 Å². The standard InChI is InChI=1S/C11H17N3O/c1-2-14-8-7-12-10(11(14)15)13-9-5-3-4-6-9/h7-9H,2-6H2,1H3,(H,12,13). The van der Waals surface area contributed by atoms with E-state index < -0.39 is 0 Å². The number of nitrogens with zero attached hydrogens (tertiary/aromatic N) is 2. The maximum absolute atomic E-state index is 11.8. The number of hydrogen-bond donors (Lipinski definition) is 1. The van der Waals surface area contributed by atoms with E-state index in [1.807, 2.05) is 6.92 Å². The van der Waals surface area contributed by atoms with Crippen LogP contribution in [0.2, 0.25) is 0 Å². The molecule has 0 atom stereocenters. The first-order valence-electron chi connectivity index (χ1n) is 5.63. The van der Waals surface area contributed by atoms with Crippen molar-refractivity contribution in [3.8, 4) is 0 Å². The van der Waals surface area contributed by atoms with E-state index in [9.17, 15) is 4.79 Å². The van der Waals surface area contributed by atoms with Crippen LogP contribution in [0.3, 0.4) is 0 Å². The van der Waals surface area contributed by atoms with E-state index in [2.05, 4.69) is 10.3 Å². The molecule has 1 N–H and O–H groups in total. The van der Waals surface area contributed by atoms with E-state index >= 15 is 0 Å². The highest BCUT2D eigenvalue weighted by molar-refractivity contribution is 5.32. The Kier molecular flexibility index (Phi) is 3.04. The minimum Gasteiger partial charge on any atom is -0.363 e. The lowest BCUT2D eigenvalue weighted by Gasteiger charge is -2.12. The van der Waals surface area contributed by atoms with Crippen LogP contribution in [0.1, 0.15) is 32.6 Å². The molecule has 4 heteroatoms. The third kappa shape index (κ3) is 2.19. The Morgan fingerprint density at radius 2 is 2.27 bits per heavy atom. The van der Waals surface area contributed by atoms with Crippen molar-refractivity contribution in [3.05, 3.63) is 22.7 Å². The summed E-state index contributed by atoms with van der Waals surface area (Å²) in [7, 11) is 0. The quantitative estimate of drug-likeness (QED) is 0.819. The predicted octanol–water partition coefficient (Wildman–Crippen LogP) is 1.62. The Hall–Kier alpha value is -1.32. The molecule has 1 heterocycles. The molecule has 1 fully saturated rings. The van der Waals surface area contributed by atoms with Gasteiger partial charge in [-0.3, -0.25) is 4.79 Å². The maximum Gasteiger partial charge on any atom is 0.293 e. The largest absolute Gasteiger partial charge is 0.363 e. The van der Waals surface area contributed by atoms with Crippen LogP contribution in [-0.4, -0.2) is 15.6 Å². The third-order valence-electron chi connectivity index (χ3n) is 2.95. The summed E-state index contributed by atoms with van der Waals surface area (Å²) in [6, 6.07) is 0.443. The molecule has 1 aromatic rings. The summed E-state index contributed by atoms with van der Waals surface area (Å²) in [5, 5.41) is 3.24. The van der Waals surface area contributed by atoms with Crippen LogP contribution >= 0.6 is 0 Å². The minimum atomic E-state index is -0.00750. The predicted molar refractivity (Wildman–Crippen MR) is 60.0 cm³/mol. The molecule has 0 bridgehead atoms. The van der Waals surface area contributed by atoms with Crippen molar-refractivity contribution in [2.24, 2.45) is 0 Å². The molecule has 1 aliphatic rings. The normalized spacial score (nSPS) is 16.9. The van der Waals surface area contributed by atoms with Gasteiger partial charge in [-0.2, -0.15) is 0 Å². The van der Waals surface area contributed by atoms with Crippen molar-refractivity contribution < 1.29 is 0 Å². The van der Waals surface area contributed by atoms with Crippen molar-refractivity contribution in [2.45, 2.75) is 45.2 Å². The van der Waals surface area contributed by atoms with Gasteiger partial charge in [0.25, 0.3) is 5.56 Å². The lowest BCUT2D eigenvalue weighted by atomic mass is 10.2. The van der Waals surface area contributed by atoms with Gasteiger partial charge < -0.3 is 9.88 Å². The van der Waals surface area contributed by atoms with E-state index in [-0.39, 0.29) is 5.56 Å². The monoisotopic (exact) mass is 207 g/mol. The smallest absolute Gasteiger partial charge is 0.293 e. The van der Waals surface area contributed by atoms with E-state index in [1.54, 1.807) is 17.0 Å². The van der Waals surface area contributed by atoms with E-state index in [0.717, 1.165) is 12.8 Å². The average Bonchev–Trinajstić information content (AvgIpc) is 2.74. The summed E-state index contributed by atoms with van der Waals surface area (Å²) in [6.07, 6.45) is 8.23. The fraction of sp³-hybridized carbons (Fsp3) is 0.636. The van der Waals surface area contributed by atoms with Gasteiger partial charge in [0.05, 0.1) is 0 Å². The Morgan fingerprint density at radius 1 is 1.53 bits per heavy atom. The van der Waals surface area contributed by atoms with Crippen molar-refractivity contribution in [2.75, 3.05) is 5.32 Å². The molecule has 0 aromatic carbocycles. The van der Waals surface area contributed by atoms with Crippen LogP contribution in [0.5, 0.6) is 0 Å². The SMILES string of the molecule is CCn1ccnc(NC2CCCC2)c1=O. The number of aromatic nitrogens is 2. The Balaban J connectivity index is 2.17. The van der Waals surface area contributed by atoms with Gasteiger partial charge in [0.1, 0.15) is 0 Å². The molecule has 0 unspecified atom stereocenters. The van der Waals surface area contributed by atoms with Gasteiger partial charge in [-0.15, -0.1) is 0 Å². The van der Waals surface area contributed by atoms with Gasteiger partial charge in [-0.1, -0.05) is 12.8 Å². The zero-order valence-corrected chi connectivity index (χ0v) is 9.07. The molecule has 1 aliphatic carbocycles. The Labute approximate surface area is 89.3 Å². The van der Waals surface area contributed by atoms with Gasteiger partial charge >= 0.3 is 0 Å². The van der Waals surface area contributed by atoms with Gasteiger partial charge in [-0.25, -0.2) is 4.98 Å². The fourth-order valence-electron chi connectivity index (χ4n) is 2.06. The van der Waals surface area contributed by atoms with Crippen LogP contribution in [0.15, 0.2) is 17.2 Å². The Bertz CT molecular complexity index is 380. The molecule has 82 valence electrons. The average molecular weight is 207 g/mol. The first kappa shape index (κ1) is 10.2. The lowest BCUT2D eigenvalue weighted by Crippen LogP contribution is -2.27. The van der Waals surface area contributed by atoms with Gasteiger partial charge in [0, 0.05) is 25.0 Å². The fourth-order valence-corrected chi connectivity index (χ4v) is 2.06. The van der Waals surface area contributed by atoms with Crippen molar-refractivity contribution in [1.82, 2.24) is 9.55 Å². The second-order valence-electron chi connectivity index (χ2n) is 3.99. The summed E-state index contributed by atoms with van der Waals surface area (Å²) < 4.78 is 1.67. The van der Waals surface area contributed by atoms with Crippen LogP contribution < -0.4 is 10.9 Å². The Morgan fingerprint density at radius 3 is 2.93 bits per heavy atom. The molecule has 4 nitrogen and oxygen atoms in total. The lowest BCUT2D eigenvalue weighted by molar-refractivity contribution is 0.702. The zero-order chi connectivity index (χ0) is 10.7.